The monoisotopic (exact) mass is 343 g/mol. The number of nitrogens with zero attached hydrogens (tertiary/aromatic N) is 2. The van der Waals surface area contributed by atoms with Crippen molar-refractivity contribution in [2.24, 2.45) is 0 Å². The summed E-state index contributed by atoms with van der Waals surface area (Å²) in [7, 11) is 0. The van der Waals surface area contributed by atoms with Crippen LogP contribution in [0.25, 0.3) is 10.9 Å². The van der Waals surface area contributed by atoms with E-state index in [1.807, 2.05) is 72.8 Å². The van der Waals surface area contributed by atoms with Gasteiger partial charge >= 0.3 is 0 Å². The van der Waals surface area contributed by atoms with Crippen LogP contribution < -0.4 is 10.5 Å². The van der Waals surface area contributed by atoms with E-state index in [2.05, 4.69) is 5.10 Å². The molecule has 0 atom stereocenters. The molecule has 1 heterocycles. The van der Waals surface area contributed by atoms with Crippen molar-refractivity contribution in [3.05, 3.63) is 90.0 Å². The predicted molar refractivity (Wildman–Crippen MR) is 101 cm³/mol. The van der Waals surface area contributed by atoms with E-state index >= 15 is 0 Å². The molecule has 5 nitrogen and oxygen atoms in total. The first-order valence-electron chi connectivity index (χ1n) is 8.28. The van der Waals surface area contributed by atoms with Gasteiger partial charge in [-0.05, 0) is 30.3 Å². The molecule has 0 fully saturated rings. The molecule has 0 aliphatic rings. The maximum Gasteiger partial charge on any atom is 0.279 e. The zero-order valence-corrected chi connectivity index (χ0v) is 14.0. The van der Waals surface area contributed by atoms with Gasteiger partial charge in [0, 0.05) is 16.5 Å². The molecule has 0 unspecified atom stereocenters. The number of para-hydroxylation sites is 2. The molecular weight excluding hydrogens is 326 g/mol. The standard InChI is InChI=1S/C21H17N3O2/c22-20-18-12-6-7-13-19(18)24(23-20)21(25)17-11-5-4-8-15(17)14-26-16-9-2-1-3-10-16/h1-13H,14H2,(H2,22,23). The first kappa shape index (κ1) is 15.9. The summed E-state index contributed by atoms with van der Waals surface area (Å²) in [5, 5.41) is 4.99. The second-order valence-corrected chi connectivity index (χ2v) is 5.88. The van der Waals surface area contributed by atoms with E-state index in [0.717, 1.165) is 16.7 Å². The minimum absolute atomic E-state index is 0.231. The number of hydrogen-bond donors (Lipinski definition) is 1. The van der Waals surface area contributed by atoms with Gasteiger partial charge in [-0.2, -0.15) is 4.68 Å². The van der Waals surface area contributed by atoms with E-state index in [4.69, 9.17) is 10.5 Å². The predicted octanol–water partition coefficient (Wildman–Crippen LogP) is 3.89. The van der Waals surface area contributed by atoms with Crippen molar-refractivity contribution in [3.63, 3.8) is 0 Å². The number of ether oxygens (including phenoxy) is 1. The molecule has 0 bridgehead atoms. The topological polar surface area (TPSA) is 70.1 Å². The average Bonchev–Trinajstić information content (AvgIpc) is 3.04. The van der Waals surface area contributed by atoms with Gasteiger partial charge in [0.25, 0.3) is 5.91 Å². The number of nitrogens with two attached hydrogens (primary N) is 1. The van der Waals surface area contributed by atoms with Crippen molar-refractivity contribution < 1.29 is 9.53 Å². The van der Waals surface area contributed by atoms with Crippen molar-refractivity contribution in [1.29, 1.82) is 0 Å². The summed E-state index contributed by atoms with van der Waals surface area (Å²) >= 11 is 0. The number of aromatic nitrogens is 2. The van der Waals surface area contributed by atoms with E-state index < -0.39 is 0 Å². The molecule has 0 radical (unpaired) electrons. The van der Waals surface area contributed by atoms with E-state index in [0.29, 0.717) is 23.5 Å². The summed E-state index contributed by atoms with van der Waals surface area (Å²) in [5.41, 5.74) is 7.98. The fourth-order valence-corrected chi connectivity index (χ4v) is 2.89. The Kier molecular flexibility index (Phi) is 4.11. The molecule has 0 amide bonds. The molecule has 0 saturated carbocycles. The number of fused-ring (bicyclic) bond motifs is 1. The van der Waals surface area contributed by atoms with Gasteiger partial charge in [0.1, 0.15) is 12.4 Å². The molecule has 1 aromatic heterocycles. The Hall–Kier alpha value is -3.60. The number of benzene rings is 3. The fraction of sp³-hybridized carbons (Fsp3) is 0.0476. The highest BCUT2D eigenvalue weighted by Crippen LogP contribution is 2.22. The number of hydrogen-bond acceptors (Lipinski definition) is 4. The van der Waals surface area contributed by atoms with Gasteiger partial charge < -0.3 is 10.5 Å². The molecule has 4 aromatic rings. The van der Waals surface area contributed by atoms with Gasteiger partial charge in [0.05, 0.1) is 5.52 Å². The van der Waals surface area contributed by atoms with Gasteiger partial charge in [0.2, 0.25) is 0 Å². The molecule has 3 aromatic carbocycles. The van der Waals surface area contributed by atoms with Crippen LogP contribution >= 0.6 is 0 Å². The SMILES string of the molecule is Nc1nn(C(=O)c2ccccc2COc2ccccc2)c2ccccc12. The van der Waals surface area contributed by atoms with Gasteiger partial charge in [-0.3, -0.25) is 4.79 Å². The minimum Gasteiger partial charge on any atom is -0.489 e. The molecule has 0 saturated heterocycles. The lowest BCUT2D eigenvalue weighted by molar-refractivity contribution is 0.0948. The Morgan fingerprint density at radius 3 is 2.46 bits per heavy atom. The van der Waals surface area contributed by atoms with Crippen molar-refractivity contribution in [3.8, 4) is 5.75 Å². The second-order valence-electron chi connectivity index (χ2n) is 5.88. The van der Waals surface area contributed by atoms with E-state index in [1.165, 1.54) is 4.68 Å². The first-order valence-corrected chi connectivity index (χ1v) is 8.28. The lowest BCUT2D eigenvalue weighted by Crippen LogP contribution is -2.16. The van der Waals surface area contributed by atoms with Crippen LogP contribution in [0.1, 0.15) is 15.9 Å². The summed E-state index contributed by atoms with van der Waals surface area (Å²) < 4.78 is 7.16. The van der Waals surface area contributed by atoms with E-state index in [1.54, 1.807) is 6.07 Å². The fourth-order valence-electron chi connectivity index (χ4n) is 2.89. The molecule has 5 heteroatoms. The van der Waals surface area contributed by atoms with Crippen LogP contribution in [0.15, 0.2) is 78.9 Å². The Balaban J connectivity index is 1.68. The lowest BCUT2D eigenvalue weighted by Gasteiger charge is -2.11. The maximum absolute atomic E-state index is 13.1. The third-order valence-corrected chi connectivity index (χ3v) is 4.19. The lowest BCUT2D eigenvalue weighted by atomic mass is 10.1. The summed E-state index contributed by atoms with van der Waals surface area (Å²) in [6, 6.07) is 24.3. The number of rotatable bonds is 4. The molecule has 2 N–H and O–H groups in total. The van der Waals surface area contributed by atoms with Crippen LogP contribution in [0, 0.1) is 0 Å². The van der Waals surface area contributed by atoms with Crippen molar-refractivity contribution >= 4 is 22.6 Å². The van der Waals surface area contributed by atoms with Crippen LogP contribution in [-0.2, 0) is 6.61 Å². The highest BCUT2D eigenvalue weighted by atomic mass is 16.5. The Bertz CT molecular complexity index is 1070. The quantitative estimate of drug-likeness (QED) is 0.610. The highest BCUT2D eigenvalue weighted by Gasteiger charge is 2.18. The Morgan fingerprint density at radius 2 is 1.62 bits per heavy atom. The minimum atomic E-state index is -0.231. The molecular formula is C21H17N3O2. The smallest absolute Gasteiger partial charge is 0.279 e. The number of anilines is 1. The summed E-state index contributed by atoms with van der Waals surface area (Å²) in [6.45, 7) is 0.292. The summed E-state index contributed by atoms with van der Waals surface area (Å²) in [5.74, 6) is 0.862. The molecule has 26 heavy (non-hydrogen) atoms. The Morgan fingerprint density at radius 1 is 0.923 bits per heavy atom. The average molecular weight is 343 g/mol. The molecule has 0 aliphatic heterocycles. The molecule has 0 spiro atoms. The third kappa shape index (κ3) is 2.91. The number of nitrogen functional groups attached to an aromatic ring is 1. The molecule has 0 aliphatic carbocycles. The first-order chi connectivity index (χ1) is 12.7. The van der Waals surface area contributed by atoms with E-state index in [9.17, 15) is 4.79 Å². The normalized spacial score (nSPS) is 10.8. The van der Waals surface area contributed by atoms with Gasteiger partial charge in [-0.15, -0.1) is 5.10 Å². The van der Waals surface area contributed by atoms with Crippen LogP contribution in [0.3, 0.4) is 0 Å². The van der Waals surface area contributed by atoms with Crippen molar-refractivity contribution in [2.75, 3.05) is 5.73 Å². The largest absolute Gasteiger partial charge is 0.489 e. The molecule has 128 valence electrons. The number of carbonyl (C=O) groups is 1. The van der Waals surface area contributed by atoms with Crippen molar-refractivity contribution in [2.45, 2.75) is 6.61 Å². The zero-order chi connectivity index (χ0) is 17.9. The van der Waals surface area contributed by atoms with Gasteiger partial charge in [-0.25, -0.2) is 0 Å². The van der Waals surface area contributed by atoms with Crippen LogP contribution in [-0.4, -0.2) is 15.7 Å². The zero-order valence-electron chi connectivity index (χ0n) is 14.0. The highest BCUT2D eigenvalue weighted by molar-refractivity contribution is 6.04. The summed E-state index contributed by atoms with van der Waals surface area (Å²) in [4.78, 5) is 13.1. The van der Waals surface area contributed by atoms with Crippen LogP contribution in [0.5, 0.6) is 5.75 Å². The third-order valence-electron chi connectivity index (χ3n) is 4.19. The Labute approximate surface area is 150 Å². The van der Waals surface area contributed by atoms with Crippen molar-refractivity contribution in [1.82, 2.24) is 9.78 Å². The van der Waals surface area contributed by atoms with Gasteiger partial charge in [0.15, 0.2) is 5.82 Å². The van der Waals surface area contributed by atoms with Gasteiger partial charge in [-0.1, -0.05) is 48.5 Å². The molecule has 4 rings (SSSR count). The number of carbonyl (C=O) groups excluding carboxylic acids is 1. The summed E-state index contributed by atoms with van der Waals surface area (Å²) in [6.07, 6.45) is 0. The second kappa shape index (κ2) is 6.72. The van der Waals surface area contributed by atoms with Crippen LogP contribution in [0.4, 0.5) is 5.82 Å². The van der Waals surface area contributed by atoms with E-state index in [-0.39, 0.29) is 5.91 Å². The maximum atomic E-state index is 13.1. The van der Waals surface area contributed by atoms with Crippen LogP contribution in [0.2, 0.25) is 0 Å².